The fourth-order valence-electron chi connectivity index (χ4n) is 4.03. The smallest absolute Gasteiger partial charge is 0.335 e. The normalized spacial score (nSPS) is 18.2. The van der Waals surface area contributed by atoms with Gasteiger partial charge in [0.2, 0.25) is 0 Å². The van der Waals surface area contributed by atoms with E-state index in [0.717, 1.165) is 41.4 Å². The first kappa shape index (κ1) is 16.0. The van der Waals surface area contributed by atoms with Gasteiger partial charge in [-0.1, -0.05) is 19.3 Å². The molecule has 2 heterocycles. The van der Waals surface area contributed by atoms with Crippen LogP contribution in [-0.4, -0.2) is 39.6 Å². The molecule has 132 valence electrons. The summed E-state index contributed by atoms with van der Waals surface area (Å²) in [4.78, 5) is 29.1. The lowest BCUT2D eigenvalue weighted by molar-refractivity contribution is 0.0697. The summed E-state index contributed by atoms with van der Waals surface area (Å²) in [6.07, 6.45) is 6.55. The van der Waals surface area contributed by atoms with Crippen LogP contribution in [0.3, 0.4) is 0 Å². The number of urea groups is 1. The molecule has 1 aliphatic carbocycles. The van der Waals surface area contributed by atoms with Crippen molar-refractivity contribution >= 4 is 22.9 Å². The molecule has 1 saturated carbocycles. The van der Waals surface area contributed by atoms with Gasteiger partial charge in [-0.2, -0.15) is 0 Å². The Labute approximate surface area is 146 Å². The first-order valence-corrected chi connectivity index (χ1v) is 9.04. The van der Waals surface area contributed by atoms with Gasteiger partial charge in [0.05, 0.1) is 5.56 Å². The molecule has 1 aliphatic heterocycles. The van der Waals surface area contributed by atoms with Crippen LogP contribution in [0, 0.1) is 0 Å². The van der Waals surface area contributed by atoms with Gasteiger partial charge in [0.1, 0.15) is 0 Å². The third kappa shape index (κ3) is 3.08. The van der Waals surface area contributed by atoms with E-state index in [1.54, 1.807) is 12.1 Å². The number of hydrogen-bond donors (Lipinski definition) is 3. The van der Waals surface area contributed by atoms with Gasteiger partial charge in [0.25, 0.3) is 0 Å². The summed E-state index contributed by atoms with van der Waals surface area (Å²) in [5, 5.41) is 13.3. The molecule has 0 atom stereocenters. The van der Waals surface area contributed by atoms with Crippen molar-refractivity contribution in [1.29, 1.82) is 0 Å². The first-order chi connectivity index (χ1) is 12.1. The summed E-state index contributed by atoms with van der Waals surface area (Å²) in [7, 11) is 0. The van der Waals surface area contributed by atoms with Crippen LogP contribution in [0.4, 0.5) is 4.79 Å². The predicted molar refractivity (Wildman–Crippen MR) is 94.8 cm³/mol. The number of nitrogens with one attached hydrogen (secondary N) is 2. The van der Waals surface area contributed by atoms with E-state index in [9.17, 15) is 14.7 Å². The molecule has 0 saturated heterocycles. The largest absolute Gasteiger partial charge is 0.478 e. The SMILES string of the molecule is O=C(O)c1ccc2[nH]c3c(c2c1)CN(C(=O)NC1CCCCC1)CC3. The fourth-order valence-corrected chi connectivity index (χ4v) is 4.03. The third-order valence-corrected chi connectivity index (χ3v) is 5.44. The lowest BCUT2D eigenvalue weighted by Gasteiger charge is -2.31. The zero-order valence-corrected chi connectivity index (χ0v) is 14.2. The lowest BCUT2D eigenvalue weighted by Crippen LogP contribution is -2.47. The molecular weight excluding hydrogens is 318 g/mol. The number of benzene rings is 1. The number of fused-ring (bicyclic) bond motifs is 3. The molecule has 0 bridgehead atoms. The number of H-pyrrole nitrogens is 1. The molecule has 6 heteroatoms. The molecule has 0 radical (unpaired) electrons. The predicted octanol–water partition coefficient (Wildman–Crippen LogP) is 3.27. The number of amides is 2. The zero-order valence-electron chi connectivity index (χ0n) is 14.2. The van der Waals surface area contributed by atoms with Gasteiger partial charge in [-0.25, -0.2) is 9.59 Å². The summed E-state index contributed by atoms with van der Waals surface area (Å²) in [5.41, 5.74) is 3.37. The lowest BCUT2D eigenvalue weighted by atomic mass is 9.95. The van der Waals surface area contributed by atoms with Gasteiger partial charge in [0.15, 0.2) is 0 Å². The van der Waals surface area contributed by atoms with Gasteiger partial charge in [-0.3, -0.25) is 0 Å². The van der Waals surface area contributed by atoms with Crippen LogP contribution in [0.1, 0.15) is 53.7 Å². The van der Waals surface area contributed by atoms with Crippen LogP contribution in [-0.2, 0) is 13.0 Å². The second-order valence-electron chi connectivity index (χ2n) is 7.10. The number of carboxylic acids is 1. The highest BCUT2D eigenvalue weighted by atomic mass is 16.4. The van der Waals surface area contributed by atoms with Crippen molar-refractivity contribution in [2.24, 2.45) is 0 Å². The third-order valence-electron chi connectivity index (χ3n) is 5.44. The number of rotatable bonds is 2. The first-order valence-electron chi connectivity index (χ1n) is 9.04. The zero-order chi connectivity index (χ0) is 17.4. The average Bonchev–Trinajstić information content (AvgIpc) is 2.99. The number of carbonyl (C=O) groups is 2. The van der Waals surface area contributed by atoms with Gasteiger partial charge in [-0.05, 0) is 31.0 Å². The van der Waals surface area contributed by atoms with Gasteiger partial charge in [0, 0.05) is 47.7 Å². The highest BCUT2D eigenvalue weighted by Crippen LogP contribution is 2.29. The molecule has 6 nitrogen and oxygen atoms in total. The topological polar surface area (TPSA) is 85.4 Å². The fraction of sp³-hybridized carbons (Fsp3) is 0.474. The highest BCUT2D eigenvalue weighted by Gasteiger charge is 2.26. The van der Waals surface area contributed by atoms with Crippen molar-refractivity contribution < 1.29 is 14.7 Å². The molecule has 3 N–H and O–H groups in total. The van der Waals surface area contributed by atoms with Crippen LogP contribution >= 0.6 is 0 Å². The Hall–Kier alpha value is -2.50. The summed E-state index contributed by atoms with van der Waals surface area (Å²) in [6.45, 7) is 1.21. The average molecular weight is 341 g/mol. The number of carbonyl (C=O) groups excluding carboxylic acids is 1. The Morgan fingerprint density at radius 1 is 1.20 bits per heavy atom. The number of hydrogen-bond acceptors (Lipinski definition) is 2. The van der Waals surface area contributed by atoms with E-state index in [0.29, 0.717) is 19.1 Å². The van der Waals surface area contributed by atoms with E-state index < -0.39 is 5.97 Å². The molecule has 1 aromatic heterocycles. The summed E-state index contributed by atoms with van der Waals surface area (Å²) in [5.74, 6) is -0.931. The maximum absolute atomic E-state index is 12.6. The minimum absolute atomic E-state index is 0.00119. The van der Waals surface area contributed by atoms with Crippen LogP contribution < -0.4 is 5.32 Å². The molecule has 4 rings (SSSR count). The van der Waals surface area contributed by atoms with Crippen molar-refractivity contribution in [2.75, 3.05) is 6.54 Å². The minimum Gasteiger partial charge on any atom is -0.478 e. The molecule has 0 spiro atoms. The van der Waals surface area contributed by atoms with E-state index >= 15 is 0 Å². The van der Waals surface area contributed by atoms with Crippen LogP contribution in [0.25, 0.3) is 10.9 Å². The van der Waals surface area contributed by atoms with E-state index in [2.05, 4.69) is 10.3 Å². The minimum atomic E-state index is -0.931. The van der Waals surface area contributed by atoms with E-state index in [-0.39, 0.29) is 11.6 Å². The Balaban J connectivity index is 1.55. The maximum atomic E-state index is 12.6. The molecule has 2 amide bonds. The Morgan fingerprint density at radius 3 is 2.76 bits per heavy atom. The molecule has 1 fully saturated rings. The monoisotopic (exact) mass is 341 g/mol. The highest BCUT2D eigenvalue weighted by molar-refractivity contribution is 5.95. The maximum Gasteiger partial charge on any atom is 0.335 e. The van der Waals surface area contributed by atoms with Crippen molar-refractivity contribution in [2.45, 2.75) is 51.1 Å². The number of carboxylic acid groups (broad SMARTS) is 1. The number of nitrogens with zero attached hydrogens (tertiary/aromatic N) is 1. The van der Waals surface area contributed by atoms with Crippen LogP contribution in [0.5, 0.6) is 0 Å². The van der Waals surface area contributed by atoms with Crippen LogP contribution in [0.2, 0.25) is 0 Å². The van der Waals surface area contributed by atoms with Crippen molar-refractivity contribution in [3.63, 3.8) is 0 Å². The van der Waals surface area contributed by atoms with Gasteiger partial charge in [-0.15, -0.1) is 0 Å². The molecule has 1 aromatic carbocycles. The van der Waals surface area contributed by atoms with Gasteiger partial charge < -0.3 is 20.3 Å². The summed E-state index contributed by atoms with van der Waals surface area (Å²) in [6, 6.07) is 5.42. The number of aromatic carboxylic acids is 1. The van der Waals surface area contributed by atoms with Crippen molar-refractivity contribution in [3.05, 3.63) is 35.0 Å². The molecule has 2 aliphatic rings. The van der Waals surface area contributed by atoms with Crippen LogP contribution in [0.15, 0.2) is 18.2 Å². The molecule has 2 aromatic rings. The Morgan fingerprint density at radius 2 is 2.00 bits per heavy atom. The number of aromatic amines is 1. The van der Waals surface area contributed by atoms with E-state index in [1.165, 1.54) is 19.3 Å². The van der Waals surface area contributed by atoms with Crippen molar-refractivity contribution in [1.82, 2.24) is 15.2 Å². The second-order valence-corrected chi connectivity index (χ2v) is 7.10. The second kappa shape index (κ2) is 6.43. The summed E-state index contributed by atoms with van der Waals surface area (Å²) >= 11 is 0. The van der Waals surface area contributed by atoms with Gasteiger partial charge >= 0.3 is 12.0 Å². The van der Waals surface area contributed by atoms with E-state index in [1.807, 2.05) is 11.0 Å². The molecule has 25 heavy (non-hydrogen) atoms. The number of aromatic nitrogens is 1. The van der Waals surface area contributed by atoms with Crippen molar-refractivity contribution in [3.8, 4) is 0 Å². The Kier molecular flexibility index (Phi) is 4.11. The van der Waals surface area contributed by atoms with E-state index in [4.69, 9.17) is 0 Å². The Bertz CT molecular complexity index is 821. The quantitative estimate of drug-likeness (QED) is 0.784. The molecular formula is C19H23N3O3. The standard InChI is InChI=1S/C19H23N3O3/c23-18(24)12-6-7-16-14(10-12)15-11-22(9-8-17(15)21-16)19(25)20-13-4-2-1-3-5-13/h6-7,10,13,21H,1-5,8-9,11H2,(H,20,25)(H,23,24). The molecule has 0 unspecified atom stereocenters. The summed E-state index contributed by atoms with van der Waals surface area (Å²) < 4.78 is 0.